The minimum absolute atomic E-state index is 0.0508. The Morgan fingerprint density at radius 1 is 1.43 bits per heavy atom. The number of hydrogen-bond donors (Lipinski definition) is 1. The van der Waals surface area contributed by atoms with E-state index in [1.807, 2.05) is 6.07 Å². The van der Waals surface area contributed by atoms with E-state index >= 15 is 0 Å². The highest BCUT2D eigenvalue weighted by Crippen LogP contribution is 2.41. The molecule has 1 aromatic rings. The third kappa shape index (κ3) is 1.34. The number of hydrogen-bond acceptors (Lipinski definition) is 2. The van der Waals surface area contributed by atoms with Gasteiger partial charge in [-0.15, -0.1) is 0 Å². The fourth-order valence-corrected chi connectivity index (χ4v) is 2.63. The maximum Gasteiger partial charge on any atom is 0.0853 e. The van der Waals surface area contributed by atoms with E-state index in [0.717, 1.165) is 5.69 Å². The van der Waals surface area contributed by atoms with Crippen LogP contribution in [0.4, 0.5) is 0 Å². The zero-order chi connectivity index (χ0) is 10.3. The molecular weight excluding hydrogens is 174 g/mol. The molecule has 2 nitrogen and oxygen atoms in total. The van der Waals surface area contributed by atoms with Gasteiger partial charge >= 0.3 is 0 Å². The Morgan fingerprint density at radius 3 is 2.79 bits per heavy atom. The van der Waals surface area contributed by atoms with Gasteiger partial charge in [-0.25, -0.2) is 0 Å². The summed E-state index contributed by atoms with van der Waals surface area (Å²) in [7, 11) is 0. The average Bonchev–Trinajstić information content (AvgIpc) is 2.42. The first-order chi connectivity index (χ1) is 6.63. The summed E-state index contributed by atoms with van der Waals surface area (Å²) in [4.78, 5) is 4.51. The summed E-state index contributed by atoms with van der Waals surface area (Å²) in [6.07, 6.45) is 1.19. The van der Waals surface area contributed by atoms with Crippen LogP contribution in [0.25, 0.3) is 0 Å². The van der Waals surface area contributed by atoms with Gasteiger partial charge in [0.15, 0.2) is 0 Å². The summed E-state index contributed by atoms with van der Waals surface area (Å²) in [5, 5.41) is 9.08. The molecule has 2 unspecified atom stereocenters. The predicted molar refractivity (Wildman–Crippen MR) is 56.3 cm³/mol. The Hall–Kier alpha value is -0.890. The molecule has 2 atom stereocenters. The van der Waals surface area contributed by atoms with Crippen LogP contribution in [0.2, 0.25) is 0 Å². The van der Waals surface area contributed by atoms with Gasteiger partial charge in [0.2, 0.25) is 0 Å². The van der Waals surface area contributed by atoms with Gasteiger partial charge in [-0.3, -0.25) is 4.98 Å². The summed E-state index contributed by atoms with van der Waals surface area (Å²) < 4.78 is 0. The molecule has 0 radical (unpaired) electrons. The molecule has 0 spiro atoms. The van der Waals surface area contributed by atoms with Crippen LogP contribution in [0.5, 0.6) is 0 Å². The molecule has 14 heavy (non-hydrogen) atoms. The van der Waals surface area contributed by atoms with Gasteiger partial charge in [-0.2, -0.15) is 0 Å². The maximum atomic E-state index is 9.08. The second-order valence-corrected chi connectivity index (χ2v) is 4.43. The summed E-state index contributed by atoms with van der Waals surface area (Å²) in [6.45, 7) is 6.65. The lowest BCUT2D eigenvalue weighted by Gasteiger charge is -2.10. The Kier molecular flexibility index (Phi) is 2.31. The average molecular weight is 191 g/mol. The third-order valence-corrected chi connectivity index (χ3v) is 3.18. The fourth-order valence-electron chi connectivity index (χ4n) is 2.63. The topological polar surface area (TPSA) is 33.1 Å². The number of fused-ring (bicyclic) bond motifs is 1. The predicted octanol–water partition coefficient (Wildman–Crippen LogP) is 2.49. The molecule has 0 amide bonds. The largest absolute Gasteiger partial charge is 0.390 e. The summed E-state index contributed by atoms with van der Waals surface area (Å²) in [5.41, 5.74) is 4.72. The molecule has 1 aliphatic rings. The first kappa shape index (κ1) is 9.66. The van der Waals surface area contributed by atoms with E-state index < -0.39 is 0 Å². The molecule has 1 aliphatic carbocycles. The maximum absolute atomic E-state index is 9.08. The summed E-state index contributed by atoms with van der Waals surface area (Å²) in [5.74, 6) is 1.17. The molecule has 1 aromatic heterocycles. The zero-order valence-corrected chi connectivity index (χ0v) is 9.04. The van der Waals surface area contributed by atoms with Crippen LogP contribution < -0.4 is 0 Å². The number of aliphatic hydroxyl groups excluding tert-OH is 1. The minimum Gasteiger partial charge on any atom is -0.390 e. The van der Waals surface area contributed by atoms with E-state index in [9.17, 15) is 0 Å². The molecule has 0 bridgehead atoms. The number of nitrogens with zero attached hydrogens (tertiary/aromatic N) is 1. The number of pyridine rings is 1. The van der Waals surface area contributed by atoms with E-state index in [1.165, 1.54) is 23.2 Å². The Balaban J connectivity index is 2.57. The molecule has 0 aromatic carbocycles. The molecule has 0 aliphatic heterocycles. The van der Waals surface area contributed by atoms with E-state index in [-0.39, 0.29) is 6.61 Å². The number of aromatic nitrogens is 1. The first-order valence-electron chi connectivity index (χ1n) is 5.24. The van der Waals surface area contributed by atoms with Gasteiger partial charge in [0.05, 0.1) is 12.3 Å². The van der Waals surface area contributed by atoms with E-state index in [4.69, 9.17) is 5.11 Å². The highest BCUT2D eigenvalue weighted by Gasteiger charge is 2.28. The molecule has 76 valence electrons. The summed E-state index contributed by atoms with van der Waals surface area (Å²) >= 11 is 0. The van der Waals surface area contributed by atoms with Crippen molar-refractivity contribution < 1.29 is 5.11 Å². The molecule has 1 N–H and O–H groups in total. The van der Waals surface area contributed by atoms with Crippen LogP contribution in [0.1, 0.15) is 54.6 Å². The lowest BCUT2D eigenvalue weighted by molar-refractivity contribution is 0.276. The molecule has 1 heterocycles. The van der Waals surface area contributed by atoms with E-state index in [2.05, 4.69) is 25.8 Å². The van der Waals surface area contributed by atoms with Gasteiger partial charge in [0, 0.05) is 5.69 Å². The molecule has 0 fully saturated rings. The van der Waals surface area contributed by atoms with Crippen molar-refractivity contribution in [2.45, 2.75) is 45.6 Å². The van der Waals surface area contributed by atoms with Crippen molar-refractivity contribution in [2.24, 2.45) is 0 Å². The van der Waals surface area contributed by atoms with Crippen LogP contribution in [0.15, 0.2) is 6.07 Å². The number of aryl methyl sites for hydroxylation is 1. The van der Waals surface area contributed by atoms with Crippen molar-refractivity contribution in [3.8, 4) is 0 Å². The normalized spacial score (nSPS) is 25.1. The van der Waals surface area contributed by atoms with Crippen LogP contribution in [-0.2, 0) is 6.61 Å². The van der Waals surface area contributed by atoms with Gasteiger partial charge in [-0.1, -0.05) is 13.8 Å². The Morgan fingerprint density at radius 2 is 2.14 bits per heavy atom. The monoisotopic (exact) mass is 191 g/mol. The standard InChI is InChI=1S/C12H17NO/c1-7-4-9(3)12-11(7)8(2)5-10(6-14)13-12/h5,7,9,14H,4,6H2,1-3H3. The molecule has 0 saturated carbocycles. The highest BCUT2D eigenvalue weighted by atomic mass is 16.3. The smallest absolute Gasteiger partial charge is 0.0853 e. The van der Waals surface area contributed by atoms with Crippen LogP contribution in [0.3, 0.4) is 0 Å². The molecule has 0 saturated heterocycles. The van der Waals surface area contributed by atoms with Gasteiger partial charge < -0.3 is 5.11 Å². The van der Waals surface area contributed by atoms with Crippen LogP contribution in [0, 0.1) is 6.92 Å². The van der Waals surface area contributed by atoms with Crippen molar-refractivity contribution in [1.29, 1.82) is 0 Å². The van der Waals surface area contributed by atoms with Crippen molar-refractivity contribution in [3.63, 3.8) is 0 Å². The summed E-state index contributed by atoms with van der Waals surface area (Å²) in [6, 6.07) is 2.01. The molecule has 2 rings (SSSR count). The second kappa shape index (κ2) is 3.35. The number of aliphatic hydroxyl groups is 1. The van der Waals surface area contributed by atoms with E-state index in [1.54, 1.807) is 0 Å². The van der Waals surface area contributed by atoms with Crippen LogP contribution in [-0.4, -0.2) is 10.1 Å². The second-order valence-electron chi connectivity index (χ2n) is 4.43. The first-order valence-corrected chi connectivity index (χ1v) is 5.24. The van der Waals surface area contributed by atoms with Gasteiger partial charge in [0.1, 0.15) is 0 Å². The van der Waals surface area contributed by atoms with Crippen molar-refractivity contribution in [2.75, 3.05) is 0 Å². The van der Waals surface area contributed by atoms with Crippen molar-refractivity contribution >= 4 is 0 Å². The fraction of sp³-hybridized carbons (Fsp3) is 0.583. The Bertz CT molecular complexity index is 360. The lowest BCUT2D eigenvalue weighted by atomic mass is 10.00. The SMILES string of the molecule is Cc1cc(CO)nc2c1C(C)CC2C. The van der Waals surface area contributed by atoms with Crippen LogP contribution >= 0.6 is 0 Å². The van der Waals surface area contributed by atoms with E-state index in [0.29, 0.717) is 11.8 Å². The Labute approximate surface area is 85.0 Å². The number of rotatable bonds is 1. The van der Waals surface area contributed by atoms with Crippen molar-refractivity contribution in [1.82, 2.24) is 4.98 Å². The van der Waals surface area contributed by atoms with Crippen molar-refractivity contribution in [3.05, 3.63) is 28.6 Å². The zero-order valence-electron chi connectivity index (χ0n) is 9.04. The lowest BCUT2D eigenvalue weighted by Crippen LogP contribution is -2.00. The molecule has 2 heteroatoms. The quantitative estimate of drug-likeness (QED) is 0.739. The van der Waals surface area contributed by atoms with Gasteiger partial charge in [-0.05, 0) is 42.4 Å². The molecular formula is C12H17NO. The van der Waals surface area contributed by atoms with Gasteiger partial charge in [0.25, 0.3) is 0 Å². The third-order valence-electron chi connectivity index (χ3n) is 3.18. The minimum atomic E-state index is 0.0508. The highest BCUT2D eigenvalue weighted by molar-refractivity contribution is 5.40.